The first-order valence-electron chi connectivity index (χ1n) is 8.26. The quantitative estimate of drug-likeness (QED) is 0.356. The minimum absolute atomic E-state index is 0.0118. The summed E-state index contributed by atoms with van der Waals surface area (Å²) in [5.74, 6) is 1.30. The zero-order valence-electron chi connectivity index (χ0n) is 15.3. The predicted molar refractivity (Wildman–Crippen MR) is 120 cm³/mol. The van der Waals surface area contributed by atoms with Crippen molar-refractivity contribution in [2.24, 2.45) is 10.8 Å². The molecule has 0 N–H and O–H groups in total. The highest BCUT2D eigenvalue weighted by atomic mass is 127. The lowest BCUT2D eigenvalue weighted by Gasteiger charge is -2.43. The summed E-state index contributed by atoms with van der Waals surface area (Å²) in [5, 5.41) is 0.419. The topological polar surface area (TPSA) is 26.3 Å². The zero-order chi connectivity index (χ0) is 19.2. The summed E-state index contributed by atoms with van der Waals surface area (Å²) in [6.45, 7) is 11.3. The number of furan rings is 2. The van der Waals surface area contributed by atoms with Gasteiger partial charge in [-0.3, -0.25) is 0 Å². The first-order chi connectivity index (χ1) is 11.4. The fourth-order valence-corrected chi connectivity index (χ4v) is 4.03. The molecule has 0 saturated carbocycles. The Balaban J connectivity index is 2.55. The number of hydrogen-bond donors (Lipinski definition) is 2. The lowest BCUT2D eigenvalue weighted by atomic mass is 9.62. The van der Waals surface area contributed by atoms with E-state index in [1.165, 1.54) is 0 Å². The fraction of sp³-hybridized carbons (Fsp3) is 0.556. The van der Waals surface area contributed by atoms with Crippen molar-refractivity contribution in [1.29, 1.82) is 0 Å². The monoisotopic (exact) mass is 484 g/mol. The Kier molecular flexibility index (Phi) is 6.53. The van der Waals surface area contributed by atoms with E-state index >= 15 is 0 Å². The van der Waals surface area contributed by atoms with Crippen LogP contribution in [0, 0.1) is 14.6 Å². The van der Waals surface area contributed by atoms with E-state index in [0.717, 1.165) is 18.6 Å². The van der Waals surface area contributed by atoms with Gasteiger partial charge in [0.2, 0.25) is 0 Å². The normalized spacial score (nSPS) is 14.1. The van der Waals surface area contributed by atoms with Crippen LogP contribution in [-0.4, -0.2) is 15.7 Å². The summed E-state index contributed by atoms with van der Waals surface area (Å²) in [4.78, 5) is 0.662. The molecule has 0 saturated heterocycles. The summed E-state index contributed by atoms with van der Waals surface area (Å²) >= 11 is 11.0. The molecule has 0 fully saturated rings. The molecule has 0 aliphatic carbocycles. The molecule has 2 heterocycles. The third-order valence-corrected chi connectivity index (χ3v) is 7.36. The summed E-state index contributed by atoms with van der Waals surface area (Å²) in [6.07, 6.45) is 1.88. The van der Waals surface area contributed by atoms with E-state index in [1.807, 2.05) is 6.07 Å². The van der Waals surface area contributed by atoms with Crippen LogP contribution in [0.1, 0.15) is 64.9 Å². The van der Waals surface area contributed by atoms with E-state index < -0.39 is 0 Å². The molecular formula is C18H23B2IO2S2. The van der Waals surface area contributed by atoms with Crippen LogP contribution in [0.3, 0.4) is 0 Å². The maximum absolute atomic E-state index is 6.08. The van der Waals surface area contributed by atoms with Gasteiger partial charge in [0, 0.05) is 4.90 Å². The molecule has 4 radical (unpaired) electrons. The number of hydrogen-bond acceptors (Lipinski definition) is 4. The van der Waals surface area contributed by atoms with Crippen molar-refractivity contribution >= 4 is 74.5 Å². The van der Waals surface area contributed by atoms with Crippen molar-refractivity contribution in [3.05, 3.63) is 21.4 Å². The van der Waals surface area contributed by atoms with Crippen LogP contribution in [-0.2, 0) is 0 Å². The molecule has 0 aliphatic heterocycles. The largest absolute Gasteiger partial charge is 0.455 e. The van der Waals surface area contributed by atoms with Crippen LogP contribution in [0.5, 0.6) is 0 Å². The first-order valence-corrected chi connectivity index (χ1v) is 10.2. The third kappa shape index (κ3) is 4.18. The minimum atomic E-state index is -0.137. The van der Waals surface area contributed by atoms with Crippen molar-refractivity contribution in [1.82, 2.24) is 0 Å². The molecule has 0 aliphatic rings. The fourth-order valence-electron chi connectivity index (χ4n) is 2.84. The molecule has 1 unspecified atom stereocenters. The predicted octanol–water partition coefficient (Wildman–Crippen LogP) is 4.63. The van der Waals surface area contributed by atoms with Gasteiger partial charge in [-0.25, -0.2) is 0 Å². The molecule has 0 spiro atoms. The van der Waals surface area contributed by atoms with E-state index in [0.29, 0.717) is 30.4 Å². The highest BCUT2D eigenvalue weighted by Crippen LogP contribution is 2.49. The SMILES string of the molecule is [B]c1cc(C(CC(C)(C)C(C)(C)CC)c2oc(I)c([B])c2S)oc1S. The average molecular weight is 484 g/mol. The van der Waals surface area contributed by atoms with E-state index in [9.17, 15) is 0 Å². The van der Waals surface area contributed by atoms with Gasteiger partial charge in [0.1, 0.15) is 32.3 Å². The van der Waals surface area contributed by atoms with Gasteiger partial charge in [0.25, 0.3) is 0 Å². The summed E-state index contributed by atoms with van der Waals surface area (Å²) < 4.78 is 12.4. The van der Waals surface area contributed by atoms with Crippen LogP contribution in [0.2, 0.25) is 0 Å². The lowest BCUT2D eigenvalue weighted by molar-refractivity contribution is 0.0827. The molecule has 2 rings (SSSR count). The Labute approximate surface area is 178 Å². The molecule has 132 valence electrons. The molecule has 2 nitrogen and oxygen atoms in total. The van der Waals surface area contributed by atoms with Gasteiger partial charge >= 0.3 is 0 Å². The van der Waals surface area contributed by atoms with Crippen molar-refractivity contribution < 1.29 is 8.83 Å². The summed E-state index contributed by atoms with van der Waals surface area (Å²) in [6, 6.07) is 1.82. The van der Waals surface area contributed by atoms with Gasteiger partial charge < -0.3 is 8.83 Å². The van der Waals surface area contributed by atoms with Crippen molar-refractivity contribution in [3.8, 4) is 0 Å². The number of thiol groups is 2. The third-order valence-electron chi connectivity index (χ3n) is 5.75. The van der Waals surface area contributed by atoms with Crippen molar-refractivity contribution in [2.75, 3.05) is 0 Å². The van der Waals surface area contributed by atoms with Crippen LogP contribution in [0.4, 0.5) is 0 Å². The van der Waals surface area contributed by atoms with Crippen LogP contribution >= 0.6 is 47.8 Å². The highest BCUT2D eigenvalue weighted by Gasteiger charge is 2.40. The molecular weight excluding hydrogens is 461 g/mol. The van der Waals surface area contributed by atoms with Gasteiger partial charge in [-0.2, -0.15) is 0 Å². The van der Waals surface area contributed by atoms with Crippen molar-refractivity contribution in [2.45, 2.75) is 63.4 Å². The molecule has 25 heavy (non-hydrogen) atoms. The molecule has 2 aromatic heterocycles. The van der Waals surface area contributed by atoms with E-state index in [4.69, 9.17) is 24.5 Å². The second kappa shape index (κ2) is 7.63. The second-order valence-corrected chi connectivity index (χ2v) is 9.62. The van der Waals surface area contributed by atoms with E-state index in [-0.39, 0.29) is 16.7 Å². The summed E-state index contributed by atoms with van der Waals surface area (Å²) in [5.41, 5.74) is 1.22. The summed E-state index contributed by atoms with van der Waals surface area (Å²) in [7, 11) is 12.0. The van der Waals surface area contributed by atoms with Gasteiger partial charge in [-0.15, -0.1) is 25.3 Å². The molecule has 0 bridgehead atoms. The Morgan fingerprint density at radius 1 is 1.12 bits per heavy atom. The Morgan fingerprint density at radius 2 is 1.72 bits per heavy atom. The second-order valence-electron chi connectivity index (χ2n) is 7.79. The number of halogens is 1. The molecule has 1 atom stereocenters. The van der Waals surface area contributed by atoms with Crippen molar-refractivity contribution in [3.63, 3.8) is 0 Å². The standard InChI is InChI=1S/C18H23B2IO2S2/c1-6-17(2,3)18(4,5)8-9(11-7-10(19)16(25)22-11)13-14(24)12(20)15(21)23-13/h7,9,24-25H,6,8H2,1-5H3. The van der Waals surface area contributed by atoms with Gasteiger partial charge in [-0.1, -0.05) is 41.0 Å². The van der Waals surface area contributed by atoms with Crippen LogP contribution < -0.4 is 10.9 Å². The Bertz CT molecular complexity index is 746. The van der Waals surface area contributed by atoms with E-state index in [1.54, 1.807) is 0 Å². The van der Waals surface area contributed by atoms with E-state index in [2.05, 4.69) is 82.5 Å². The van der Waals surface area contributed by atoms with Gasteiger partial charge in [0.15, 0.2) is 3.77 Å². The van der Waals surface area contributed by atoms with Crippen LogP contribution in [0.25, 0.3) is 0 Å². The zero-order valence-corrected chi connectivity index (χ0v) is 19.3. The van der Waals surface area contributed by atoms with Gasteiger partial charge in [0.05, 0.1) is 5.92 Å². The van der Waals surface area contributed by atoms with Gasteiger partial charge in [-0.05, 0) is 56.8 Å². The molecule has 7 heteroatoms. The Morgan fingerprint density at radius 3 is 2.12 bits per heavy atom. The number of rotatable bonds is 6. The Hall–Kier alpha value is 0.120. The minimum Gasteiger partial charge on any atom is -0.455 e. The first kappa shape index (κ1) is 21.4. The van der Waals surface area contributed by atoms with Crippen LogP contribution in [0.15, 0.2) is 24.9 Å². The molecule has 0 aromatic carbocycles. The lowest BCUT2D eigenvalue weighted by Crippen LogP contribution is -2.33. The highest BCUT2D eigenvalue weighted by molar-refractivity contribution is 14.1. The molecule has 0 amide bonds. The average Bonchev–Trinajstić information content (AvgIpc) is 2.99. The smallest absolute Gasteiger partial charge is 0.158 e. The maximum Gasteiger partial charge on any atom is 0.158 e. The maximum atomic E-state index is 6.08. The molecule has 2 aromatic rings.